The third kappa shape index (κ3) is 7.76. The number of urea groups is 1. The number of nitrogens with zero attached hydrogens (tertiary/aromatic N) is 2. The molecule has 0 fully saturated rings. The van der Waals surface area contributed by atoms with E-state index >= 15 is 0 Å². The van der Waals surface area contributed by atoms with Gasteiger partial charge in [-0.2, -0.15) is 0 Å². The number of rotatable bonds is 12. The van der Waals surface area contributed by atoms with Crippen molar-refractivity contribution in [3.8, 4) is 11.5 Å². The molecule has 3 amide bonds. The Morgan fingerprint density at radius 1 is 1.06 bits per heavy atom. The number of anilines is 1. The number of hydrogen-bond donors (Lipinski definition) is 1. The Morgan fingerprint density at radius 2 is 1.86 bits per heavy atom. The summed E-state index contributed by atoms with van der Waals surface area (Å²) in [7, 11) is 3.19. The second-order valence-electron chi connectivity index (χ2n) is 7.94. The summed E-state index contributed by atoms with van der Waals surface area (Å²) in [5.41, 5.74) is 1.57. The number of hydrogen-bond acceptors (Lipinski definition) is 5. The Labute approximate surface area is 220 Å². The molecule has 0 radical (unpaired) electrons. The van der Waals surface area contributed by atoms with Gasteiger partial charge in [-0.15, -0.1) is 17.9 Å². The van der Waals surface area contributed by atoms with Crippen molar-refractivity contribution in [2.75, 3.05) is 39.2 Å². The lowest BCUT2D eigenvalue weighted by Crippen LogP contribution is -2.44. The van der Waals surface area contributed by atoms with E-state index in [2.05, 4.69) is 11.9 Å². The SMILES string of the molecule is C=CCN(CC(=O)N(CCc1ccc(OC)c(OC)c1)Cc1cccs1)C(=O)Nc1cccc(Cl)c1. The number of halogens is 1. The second kappa shape index (κ2) is 13.6. The van der Waals surface area contributed by atoms with Gasteiger partial charge in [0.1, 0.15) is 6.54 Å². The van der Waals surface area contributed by atoms with Gasteiger partial charge in [-0.25, -0.2) is 4.79 Å². The highest BCUT2D eigenvalue weighted by Crippen LogP contribution is 2.28. The molecule has 7 nitrogen and oxygen atoms in total. The van der Waals surface area contributed by atoms with Gasteiger partial charge in [0, 0.05) is 28.7 Å². The lowest BCUT2D eigenvalue weighted by molar-refractivity contribution is -0.132. The van der Waals surface area contributed by atoms with E-state index in [9.17, 15) is 9.59 Å². The minimum absolute atomic E-state index is 0.0876. The van der Waals surface area contributed by atoms with Crippen LogP contribution < -0.4 is 14.8 Å². The third-order valence-electron chi connectivity index (χ3n) is 5.44. The van der Waals surface area contributed by atoms with Crippen LogP contribution >= 0.6 is 22.9 Å². The maximum atomic E-state index is 13.4. The molecule has 0 unspecified atom stereocenters. The van der Waals surface area contributed by atoms with Crippen molar-refractivity contribution in [3.05, 3.63) is 88.1 Å². The molecule has 0 aliphatic rings. The highest BCUT2D eigenvalue weighted by molar-refractivity contribution is 7.09. The maximum Gasteiger partial charge on any atom is 0.322 e. The van der Waals surface area contributed by atoms with Crippen molar-refractivity contribution in [1.82, 2.24) is 9.80 Å². The Morgan fingerprint density at radius 3 is 2.53 bits per heavy atom. The Hall–Kier alpha value is -3.49. The number of ether oxygens (including phenoxy) is 2. The third-order valence-corrected chi connectivity index (χ3v) is 6.53. The number of carbonyl (C=O) groups excluding carboxylic acids is 2. The van der Waals surface area contributed by atoms with E-state index in [-0.39, 0.29) is 19.0 Å². The predicted octanol–water partition coefficient (Wildman–Crippen LogP) is 5.71. The van der Waals surface area contributed by atoms with E-state index in [1.807, 2.05) is 35.7 Å². The quantitative estimate of drug-likeness (QED) is 0.306. The summed E-state index contributed by atoms with van der Waals surface area (Å²) in [5.74, 6) is 1.13. The van der Waals surface area contributed by atoms with Crippen molar-refractivity contribution in [2.45, 2.75) is 13.0 Å². The summed E-state index contributed by atoms with van der Waals surface area (Å²) >= 11 is 7.62. The molecule has 0 spiro atoms. The number of methoxy groups -OCH3 is 2. The first-order chi connectivity index (χ1) is 17.4. The van der Waals surface area contributed by atoms with Crippen LogP contribution in [0, 0.1) is 0 Å². The van der Waals surface area contributed by atoms with Crippen LogP contribution in [0.2, 0.25) is 5.02 Å². The zero-order chi connectivity index (χ0) is 25.9. The molecule has 1 N–H and O–H groups in total. The van der Waals surface area contributed by atoms with E-state index in [0.717, 1.165) is 10.4 Å². The molecule has 2 aromatic carbocycles. The van der Waals surface area contributed by atoms with Crippen molar-refractivity contribution >= 4 is 40.6 Å². The lowest BCUT2D eigenvalue weighted by Gasteiger charge is -2.27. The first kappa shape index (κ1) is 27.1. The van der Waals surface area contributed by atoms with Gasteiger partial charge < -0.3 is 24.6 Å². The summed E-state index contributed by atoms with van der Waals surface area (Å²) in [5, 5.41) is 5.29. The molecule has 0 saturated carbocycles. The summed E-state index contributed by atoms with van der Waals surface area (Å²) < 4.78 is 10.7. The minimum Gasteiger partial charge on any atom is -0.493 e. The summed E-state index contributed by atoms with van der Waals surface area (Å²) in [6.07, 6.45) is 2.21. The second-order valence-corrected chi connectivity index (χ2v) is 9.41. The molecule has 1 aromatic heterocycles. The molecular formula is C27H30ClN3O4S. The van der Waals surface area contributed by atoms with Gasteiger partial charge in [-0.05, 0) is 53.8 Å². The fourth-order valence-corrected chi connectivity index (χ4v) is 4.50. The molecule has 0 saturated heterocycles. The zero-order valence-corrected chi connectivity index (χ0v) is 22.0. The fourth-order valence-electron chi connectivity index (χ4n) is 3.59. The van der Waals surface area contributed by atoms with Gasteiger partial charge in [-0.1, -0.05) is 35.9 Å². The van der Waals surface area contributed by atoms with Crippen LogP contribution in [0.25, 0.3) is 0 Å². The van der Waals surface area contributed by atoms with Crippen LogP contribution in [0.5, 0.6) is 11.5 Å². The van der Waals surface area contributed by atoms with Crippen molar-refractivity contribution in [2.24, 2.45) is 0 Å². The molecule has 0 aliphatic heterocycles. The van der Waals surface area contributed by atoms with Gasteiger partial charge in [-0.3, -0.25) is 4.79 Å². The standard InChI is InChI=1S/C27H30ClN3O4S/c1-4-13-31(27(33)29-22-8-5-7-21(28)17-22)19-26(32)30(18-23-9-6-15-36-23)14-12-20-10-11-24(34-2)25(16-20)35-3/h4-11,15-17H,1,12-14,18-19H2,2-3H3,(H,29,33). The fraction of sp³-hybridized carbons (Fsp3) is 0.259. The Balaban J connectivity index is 1.72. The van der Waals surface area contributed by atoms with E-state index in [1.54, 1.807) is 60.8 Å². The van der Waals surface area contributed by atoms with Gasteiger partial charge in [0.2, 0.25) is 5.91 Å². The largest absolute Gasteiger partial charge is 0.493 e. The zero-order valence-electron chi connectivity index (χ0n) is 20.4. The normalized spacial score (nSPS) is 10.4. The minimum atomic E-state index is -0.401. The molecule has 1 heterocycles. The van der Waals surface area contributed by atoms with Crippen molar-refractivity contribution in [3.63, 3.8) is 0 Å². The summed E-state index contributed by atoms with van der Waals surface area (Å²) in [6.45, 7) is 4.81. The highest BCUT2D eigenvalue weighted by atomic mass is 35.5. The van der Waals surface area contributed by atoms with E-state index in [4.69, 9.17) is 21.1 Å². The average Bonchev–Trinajstić information content (AvgIpc) is 3.39. The van der Waals surface area contributed by atoms with Crippen LogP contribution in [-0.4, -0.2) is 55.6 Å². The van der Waals surface area contributed by atoms with Gasteiger partial charge in [0.05, 0.1) is 20.8 Å². The van der Waals surface area contributed by atoms with Crippen molar-refractivity contribution < 1.29 is 19.1 Å². The average molecular weight is 528 g/mol. The number of benzene rings is 2. The Bertz CT molecular complexity index is 1170. The van der Waals surface area contributed by atoms with Crippen LogP contribution in [0.3, 0.4) is 0 Å². The summed E-state index contributed by atoms with van der Waals surface area (Å²) in [4.78, 5) is 30.6. The van der Waals surface area contributed by atoms with Crippen LogP contribution in [0.15, 0.2) is 72.6 Å². The molecule has 9 heteroatoms. The Kier molecular flexibility index (Phi) is 10.2. The molecule has 0 bridgehead atoms. The van der Waals surface area contributed by atoms with E-state index in [0.29, 0.717) is 41.7 Å². The number of carbonyl (C=O) groups is 2. The molecule has 3 rings (SSSR count). The van der Waals surface area contributed by atoms with Crippen LogP contribution in [-0.2, 0) is 17.8 Å². The maximum absolute atomic E-state index is 13.4. The molecule has 36 heavy (non-hydrogen) atoms. The number of thiophene rings is 1. The van der Waals surface area contributed by atoms with E-state index < -0.39 is 6.03 Å². The monoisotopic (exact) mass is 527 g/mol. The molecular weight excluding hydrogens is 498 g/mol. The highest BCUT2D eigenvalue weighted by Gasteiger charge is 2.21. The smallest absolute Gasteiger partial charge is 0.322 e. The molecule has 190 valence electrons. The number of nitrogens with one attached hydrogen (secondary N) is 1. The van der Waals surface area contributed by atoms with Crippen LogP contribution in [0.1, 0.15) is 10.4 Å². The first-order valence-electron chi connectivity index (χ1n) is 11.4. The van der Waals surface area contributed by atoms with Crippen LogP contribution in [0.4, 0.5) is 10.5 Å². The summed E-state index contributed by atoms with van der Waals surface area (Å²) in [6, 6.07) is 16.1. The van der Waals surface area contributed by atoms with Gasteiger partial charge in [0.15, 0.2) is 11.5 Å². The number of amides is 3. The molecule has 0 aliphatic carbocycles. The van der Waals surface area contributed by atoms with Gasteiger partial charge >= 0.3 is 6.03 Å². The first-order valence-corrected chi connectivity index (χ1v) is 12.6. The molecule has 3 aromatic rings. The predicted molar refractivity (Wildman–Crippen MR) is 145 cm³/mol. The topological polar surface area (TPSA) is 71.1 Å². The van der Waals surface area contributed by atoms with E-state index in [1.165, 1.54) is 4.90 Å². The van der Waals surface area contributed by atoms with Crippen molar-refractivity contribution in [1.29, 1.82) is 0 Å². The van der Waals surface area contributed by atoms with Gasteiger partial charge in [0.25, 0.3) is 0 Å². The lowest BCUT2D eigenvalue weighted by atomic mass is 10.1. The molecule has 0 atom stereocenters.